The molecule has 25 heavy (non-hydrogen) atoms. The summed E-state index contributed by atoms with van der Waals surface area (Å²) in [5, 5.41) is 1.68. The molecule has 1 aliphatic rings. The maximum atomic E-state index is 12.4. The molecule has 0 saturated carbocycles. The second-order valence-corrected chi connectivity index (χ2v) is 9.36. The van der Waals surface area contributed by atoms with Crippen LogP contribution < -0.4 is 4.72 Å². The van der Waals surface area contributed by atoms with Crippen LogP contribution in [0.5, 0.6) is 0 Å². The highest BCUT2D eigenvalue weighted by Gasteiger charge is 2.26. The molecule has 6 nitrogen and oxygen atoms in total. The first kappa shape index (κ1) is 18.5. The molecular formula is C16H17BrN2O4S2. The molecule has 9 heteroatoms. The Labute approximate surface area is 159 Å². The standard InChI is InChI=1S/C16H17BrN2O4S2/c17-13-5-3-12(4-6-13)14-11-19(7-8-23-14)15(20)10-18-25(21,22)16-2-1-9-24-16/h1-6,9,14,18H,7-8,10-11H2/t14-/m1/s1. The molecule has 0 radical (unpaired) electrons. The van der Waals surface area contributed by atoms with Crippen LogP contribution in [0.4, 0.5) is 0 Å². The fourth-order valence-corrected chi connectivity index (χ4v) is 4.79. The zero-order valence-corrected chi connectivity index (χ0v) is 16.4. The average Bonchev–Trinajstić information content (AvgIpc) is 3.16. The molecule has 1 saturated heterocycles. The van der Waals surface area contributed by atoms with Crippen molar-refractivity contribution in [3.05, 3.63) is 51.8 Å². The van der Waals surface area contributed by atoms with Gasteiger partial charge in [-0.15, -0.1) is 11.3 Å². The van der Waals surface area contributed by atoms with E-state index in [2.05, 4.69) is 20.7 Å². The molecule has 134 valence electrons. The maximum absolute atomic E-state index is 12.4. The van der Waals surface area contributed by atoms with Crippen molar-refractivity contribution in [1.29, 1.82) is 0 Å². The molecule has 1 N–H and O–H groups in total. The Balaban J connectivity index is 1.59. The van der Waals surface area contributed by atoms with Crippen LogP contribution in [-0.4, -0.2) is 45.5 Å². The van der Waals surface area contributed by atoms with Crippen LogP contribution in [0.1, 0.15) is 11.7 Å². The van der Waals surface area contributed by atoms with E-state index in [9.17, 15) is 13.2 Å². The van der Waals surface area contributed by atoms with Crippen LogP contribution in [0, 0.1) is 0 Å². The van der Waals surface area contributed by atoms with E-state index in [1.54, 1.807) is 16.3 Å². The highest BCUT2D eigenvalue weighted by Crippen LogP contribution is 2.24. The lowest BCUT2D eigenvalue weighted by atomic mass is 10.1. The van der Waals surface area contributed by atoms with E-state index < -0.39 is 10.0 Å². The third kappa shape index (κ3) is 4.68. The fraction of sp³-hybridized carbons (Fsp3) is 0.312. The number of thiophene rings is 1. The fourth-order valence-electron chi connectivity index (χ4n) is 2.51. The smallest absolute Gasteiger partial charge is 0.250 e. The molecule has 1 aromatic carbocycles. The van der Waals surface area contributed by atoms with Gasteiger partial charge in [-0.3, -0.25) is 4.79 Å². The van der Waals surface area contributed by atoms with Crippen LogP contribution >= 0.6 is 27.3 Å². The Morgan fingerprint density at radius 1 is 1.32 bits per heavy atom. The average molecular weight is 445 g/mol. The molecule has 0 aliphatic carbocycles. The maximum Gasteiger partial charge on any atom is 0.250 e. The van der Waals surface area contributed by atoms with Crippen LogP contribution in [-0.2, 0) is 19.6 Å². The first-order valence-corrected chi connectivity index (χ1v) is 10.8. The third-order valence-corrected chi connectivity index (χ3v) is 7.16. The number of amides is 1. The molecule has 2 heterocycles. The number of halogens is 1. The van der Waals surface area contributed by atoms with E-state index in [1.807, 2.05) is 24.3 Å². The lowest BCUT2D eigenvalue weighted by Crippen LogP contribution is -2.46. The summed E-state index contributed by atoms with van der Waals surface area (Å²) in [5.74, 6) is -0.259. The highest BCUT2D eigenvalue weighted by molar-refractivity contribution is 9.10. The largest absolute Gasteiger partial charge is 0.370 e. The molecule has 0 unspecified atom stereocenters. The molecule has 1 atom stereocenters. The Hall–Kier alpha value is -1.26. The number of benzene rings is 1. The van der Waals surface area contributed by atoms with E-state index in [4.69, 9.17) is 4.74 Å². The van der Waals surface area contributed by atoms with Crippen LogP contribution in [0.2, 0.25) is 0 Å². The summed E-state index contributed by atoms with van der Waals surface area (Å²) in [6.07, 6.45) is -0.209. The number of carbonyl (C=O) groups is 1. The SMILES string of the molecule is O=C(CNS(=O)(=O)c1cccs1)N1CCO[C@@H](c2ccc(Br)cc2)C1. The van der Waals surface area contributed by atoms with Gasteiger partial charge in [0.1, 0.15) is 10.3 Å². The monoisotopic (exact) mass is 444 g/mol. The second-order valence-electron chi connectivity index (χ2n) is 5.51. The number of morpholine rings is 1. The van der Waals surface area contributed by atoms with Gasteiger partial charge in [0.25, 0.3) is 10.0 Å². The summed E-state index contributed by atoms with van der Waals surface area (Å²) in [6, 6.07) is 10.9. The molecule has 1 fully saturated rings. The van der Waals surface area contributed by atoms with Gasteiger partial charge in [-0.25, -0.2) is 13.1 Å². The van der Waals surface area contributed by atoms with Gasteiger partial charge in [0.2, 0.25) is 5.91 Å². The first-order valence-electron chi connectivity index (χ1n) is 7.64. The Morgan fingerprint density at radius 3 is 2.76 bits per heavy atom. The Morgan fingerprint density at radius 2 is 2.08 bits per heavy atom. The van der Waals surface area contributed by atoms with Gasteiger partial charge in [0.15, 0.2) is 0 Å². The van der Waals surface area contributed by atoms with Crippen LogP contribution in [0.15, 0.2) is 50.5 Å². The number of sulfonamides is 1. The van der Waals surface area contributed by atoms with Gasteiger partial charge >= 0.3 is 0 Å². The minimum absolute atomic E-state index is 0.204. The number of hydrogen-bond acceptors (Lipinski definition) is 5. The number of nitrogens with one attached hydrogen (secondary N) is 1. The van der Waals surface area contributed by atoms with Crippen molar-refractivity contribution in [3.63, 3.8) is 0 Å². The zero-order valence-electron chi connectivity index (χ0n) is 13.2. The summed E-state index contributed by atoms with van der Waals surface area (Å²) in [7, 11) is -3.64. The molecule has 1 aliphatic heterocycles. The van der Waals surface area contributed by atoms with Crippen molar-refractivity contribution >= 4 is 43.2 Å². The second kappa shape index (κ2) is 7.96. The molecule has 1 amide bonds. The predicted molar refractivity (Wildman–Crippen MR) is 98.9 cm³/mol. The van der Waals surface area contributed by atoms with Crippen molar-refractivity contribution < 1.29 is 17.9 Å². The van der Waals surface area contributed by atoms with E-state index in [0.717, 1.165) is 21.4 Å². The molecule has 0 spiro atoms. The van der Waals surface area contributed by atoms with Crippen molar-refractivity contribution in [1.82, 2.24) is 9.62 Å². The van der Waals surface area contributed by atoms with E-state index >= 15 is 0 Å². The van der Waals surface area contributed by atoms with Crippen molar-refractivity contribution in [2.75, 3.05) is 26.2 Å². The van der Waals surface area contributed by atoms with Gasteiger partial charge in [-0.05, 0) is 29.1 Å². The third-order valence-electron chi connectivity index (χ3n) is 3.83. The number of hydrogen-bond donors (Lipinski definition) is 1. The van der Waals surface area contributed by atoms with Gasteiger partial charge in [-0.1, -0.05) is 34.1 Å². The number of carbonyl (C=O) groups excluding carboxylic acids is 1. The van der Waals surface area contributed by atoms with Crippen molar-refractivity contribution in [2.24, 2.45) is 0 Å². The molecule has 3 rings (SSSR count). The lowest BCUT2D eigenvalue weighted by molar-refractivity contribution is -0.137. The number of ether oxygens (including phenoxy) is 1. The molecular weight excluding hydrogens is 428 g/mol. The highest BCUT2D eigenvalue weighted by atomic mass is 79.9. The Kier molecular flexibility index (Phi) is 5.90. The van der Waals surface area contributed by atoms with Crippen molar-refractivity contribution in [3.8, 4) is 0 Å². The summed E-state index contributed by atoms with van der Waals surface area (Å²) in [4.78, 5) is 14.0. The van der Waals surface area contributed by atoms with Crippen molar-refractivity contribution in [2.45, 2.75) is 10.3 Å². The van der Waals surface area contributed by atoms with Crippen LogP contribution in [0.25, 0.3) is 0 Å². The normalized spacial score (nSPS) is 18.3. The Bertz CT molecular complexity index is 822. The van der Waals surface area contributed by atoms with Crippen LogP contribution in [0.3, 0.4) is 0 Å². The van der Waals surface area contributed by atoms with Gasteiger partial charge in [-0.2, -0.15) is 0 Å². The van der Waals surface area contributed by atoms with E-state index in [0.29, 0.717) is 19.7 Å². The molecule has 2 aromatic rings. The summed E-state index contributed by atoms with van der Waals surface area (Å²) < 4.78 is 33.5. The number of rotatable bonds is 5. The van der Waals surface area contributed by atoms with Gasteiger partial charge in [0, 0.05) is 11.0 Å². The van der Waals surface area contributed by atoms with Gasteiger partial charge in [0.05, 0.1) is 19.7 Å². The predicted octanol–water partition coefficient (Wildman–Crippen LogP) is 2.39. The molecule has 1 aromatic heterocycles. The zero-order chi connectivity index (χ0) is 17.9. The van der Waals surface area contributed by atoms with Gasteiger partial charge < -0.3 is 9.64 Å². The first-order chi connectivity index (χ1) is 12.0. The quantitative estimate of drug-likeness (QED) is 0.767. The summed E-state index contributed by atoms with van der Waals surface area (Å²) in [5.41, 5.74) is 0.986. The molecule has 0 bridgehead atoms. The topological polar surface area (TPSA) is 75.7 Å². The number of nitrogens with zero attached hydrogens (tertiary/aromatic N) is 1. The summed E-state index contributed by atoms with van der Waals surface area (Å²) in [6.45, 7) is 1.02. The minimum atomic E-state index is -3.64. The minimum Gasteiger partial charge on any atom is -0.370 e. The van der Waals surface area contributed by atoms with E-state index in [-0.39, 0.29) is 22.8 Å². The van der Waals surface area contributed by atoms with E-state index in [1.165, 1.54) is 6.07 Å². The summed E-state index contributed by atoms with van der Waals surface area (Å²) >= 11 is 4.51. The lowest BCUT2D eigenvalue weighted by Gasteiger charge is -2.33.